The first-order valence-corrected chi connectivity index (χ1v) is 4.48. The van der Waals surface area contributed by atoms with E-state index in [9.17, 15) is 4.79 Å². The Bertz CT molecular complexity index is 307. The summed E-state index contributed by atoms with van der Waals surface area (Å²) in [6, 6.07) is 1.47. The van der Waals surface area contributed by atoms with E-state index in [4.69, 9.17) is 9.84 Å². The van der Waals surface area contributed by atoms with Crippen LogP contribution in [-0.4, -0.2) is 33.6 Å². The molecular formula is C9H14N2O3. The minimum atomic E-state index is -0.966. The smallest absolute Gasteiger partial charge is 0.354 e. The average molecular weight is 198 g/mol. The van der Waals surface area contributed by atoms with Crippen LogP contribution < -0.4 is 0 Å². The Kier molecular flexibility index (Phi) is 3.64. The minimum absolute atomic E-state index is 0.152. The molecule has 1 aromatic rings. The Labute approximate surface area is 82.3 Å². The number of aromatic carboxylic acids is 1. The standard InChI is InChI=1S/C9H14N2O3/c1-7(2)14-6-5-11-8(9(12)13)3-4-10-11/h3-4,7H,5-6H2,1-2H3,(H,12,13). The second-order valence-electron chi connectivity index (χ2n) is 3.16. The van der Waals surface area contributed by atoms with Crippen LogP contribution in [0.1, 0.15) is 24.3 Å². The zero-order valence-electron chi connectivity index (χ0n) is 8.30. The van der Waals surface area contributed by atoms with Crippen LogP contribution in [0.3, 0.4) is 0 Å². The number of ether oxygens (including phenoxy) is 1. The van der Waals surface area contributed by atoms with Crippen molar-refractivity contribution >= 4 is 5.97 Å². The maximum absolute atomic E-state index is 10.7. The van der Waals surface area contributed by atoms with Crippen LogP contribution in [0.25, 0.3) is 0 Å². The molecule has 1 aromatic heterocycles. The van der Waals surface area contributed by atoms with Crippen molar-refractivity contribution in [3.8, 4) is 0 Å². The number of hydrogen-bond acceptors (Lipinski definition) is 3. The summed E-state index contributed by atoms with van der Waals surface area (Å²) < 4.78 is 6.72. The average Bonchev–Trinajstić information content (AvgIpc) is 2.51. The van der Waals surface area contributed by atoms with Gasteiger partial charge in [0.25, 0.3) is 0 Å². The van der Waals surface area contributed by atoms with Crippen LogP contribution in [0.2, 0.25) is 0 Å². The second-order valence-corrected chi connectivity index (χ2v) is 3.16. The van der Waals surface area contributed by atoms with E-state index in [-0.39, 0.29) is 11.8 Å². The van der Waals surface area contributed by atoms with E-state index in [1.807, 2.05) is 13.8 Å². The summed E-state index contributed by atoms with van der Waals surface area (Å²) in [5, 5.41) is 12.7. The van der Waals surface area contributed by atoms with Crippen molar-refractivity contribution in [1.29, 1.82) is 0 Å². The molecule has 0 atom stereocenters. The summed E-state index contributed by atoms with van der Waals surface area (Å²) in [6.45, 7) is 4.80. The van der Waals surface area contributed by atoms with Crippen LogP contribution in [0.15, 0.2) is 12.3 Å². The van der Waals surface area contributed by atoms with E-state index in [0.29, 0.717) is 13.2 Å². The molecule has 0 aliphatic carbocycles. The van der Waals surface area contributed by atoms with E-state index >= 15 is 0 Å². The van der Waals surface area contributed by atoms with E-state index in [0.717, 1.165) is 0 Å². The monoisotopic (exact) mass is 198 g/mol. The number of rotatable bonds is 5. The van der Waals surface area contributed by atoms with E-state index < -0.39 is 5.97 Å². The van der Waals surface area contributed by atoms with Crippen LogP contribution in [0, 0.1) is 0 Å². The fraction of sp³-hybridized carbons (Fsp3) is 0.556. The molecule has 1 heterocycles. The molecule has 1 rings (SSSR count). The molecule has 14 heavy (non-hydrogen) atoms. The van der Waals surface area contributed by atoms with Crippen molar-refractivity contribution in [2.75, 3.05) is 6.61 Å². The molecule has 0 saturated carbocycles. The van der Waals surface area contributed by atoms with Crippen molar-refractivity contribution in [2.45, 2.75) is 26.5 Å². The van der Waals surface area contributed by atoms with E-state index in [1.54, 1.807) is 0 Å². The highest BCUT2D eigenvalue weighted by Gasteiger charge is 2.09. The van der Waals surface area contributed by atoms with Crippen molar-refractivity contribution < 1.29 is 14.6 Å². The third kappa shape index (κ3) is 2.85. The molecule has 0 aliphatic rings. The van der Waals surface area contributed by atoms with Gasteiger partial charge in [-0.2, -0.15) is 5.10 Å². The highest BCUT2D eigenvalue weighted by molar-refractivity contribution is 5.85. The zero-order chi connectivity index (χ0) is 10.6. The van der Waals surface area contributed by atoms with Crippen molar-refractivity contribution in [3.63, 3.8) is 0 Å². The molecule has 0 unspecified atom stereocenters. The van der Waals surface area contributed by atoms with Gasteiger partial charge in [-0.15, -0.1) is 0 Å². The maximum Gasteiger partial charge on any atom is 0.354 e. The molecule has 5 heteroatoms. The Hall–Kier alpha value is -1.36. The fourth-order valence-corrected chi connectivity index (χ4v) is 1.07. The Morgan fingerprint density at radius 2 is 2.43 bits per heavy atom. The molecule has 0 spiro atoms. The van der Waals surface area contributed by atoms with Gasteiger partial charge in [-0.05, 0) is 19.9 Å². The van der Waals surface area contributed by atoms with Crippen LogP contribution in [0.5, 0.6) is 0 Å². The summed E-state index contributed by atoms with van der Waals surface area (Å²) in [7, 11) is 0. The summed E-state index contributed by atoms with van der Waals surface area (Å²) in [6.07, 6.45) is 1.62. The lowest BCUT2D eigenvalue weighted by molar-refractivity contribution is 0.0638. The van der Waals surface area contributed by atoms with Crippen molar-refractivity contribution in [2.24, 2.45) is 0 Å². The minimum Gasteiger partial charge on any atom is -0.477 e. The lowest BCUT2D eigenvalue weighted by Gasteiger charge is -2.08. The van der Waals surface area contributed by atoms with Gasteiger partial charge < -0.3 is 9.84 Å². The maximum atomic E-state index is 10.7. The van der Waals surface area contributed by atoms with Crippen molar-refractivity contribution in [3.05, 3.63) is 18.0 Å². The predicted molar refractivity (Wildman–Crippen MR) is 50.3 cm³/mol. The van der Waals surface area contributed by atoms with Gasteiger partial charge in [0, 0.05) is 6.20 Å². The third-order valence-electron chi connectivity index (χ3n) is 1.69. The molecule has 0 aromatic carbocycles. The van der Waals surface area contributed by atoms with Crippen LogP contribution in [-0.2, 0) is 11.3 Å². The molecule has 78 valence electrons. The second kappa shape index (κ2) is 4.76. The van der Waals surface area contributed by atoms with Gasteiger partial charge in [-0.25, -0.2) is 4.79 Å². The quantitative estimate of drug-likeness (QED) is 0.766. The SMILES string of the molecule is CC(C)OCCn1nccc1C(=O)O. The molecule has 0 saturated heterocycles. The molecule has 0 bridgehead atoms. The summed E-state index contributed by atoms with van der Waals surface area (Å²) >= 11 is 0. The highest BCUT2D eigenvalue weighted by Crippen LogP contribution is 1.99. The molecule has 1 N–H and O–H groups in total. The summed E-state index contributed by atoms with van der Waals surface area (Å²) in [5.74, 6) is -0.966. The van der Waals surface area contributed by atoms with Gasteiger partial charge in [0.15, 0.2) is 0 Å². The summed E-state index contributed by atoms with van der Waals surface area (Å²) in [4.78, 5) is 10.7. The van der Waals surface area contributed by atoms with E-state index in [1.165, 1.54) is 16.9 Å². The third-order valence-corrected chi connectivity index (χ3v) is 1.69. The largest absolute Gasteiger partial charge is 0.477 e. The lowest BCUT2D eigenvalue weighted by atomic mass is 10.4. The van der Waals surface area contributed by atoms with Crippen LogP contribution >= 0.6 is 0 Å². The van der Waals surface area contributed by atoms with Crippen molar-refractivity contribution in [1.82, 2.24) is 9.78 Å². The molecule has 0 fully saturated rings. The Morgan fingerprint density at radius 3 is 3.00 bits per heavy atom. The molecule has 0 radical (unpaired) electrons. The lowest BCUT2D eigenvalue weighted by Crippen LogP contribution is -2.15. The highest BCUT2D eigenvalue weighted by atomic mass is 16.5. The number of carbonyl (C=O) groups is 1. The molecule has 0 amide bonds. The topological polar surface area (TPSA) is 64.4 Å². The van der Waals surface area contributed by atoms with Gasteiger partial charge in [0.2, 0.25) is 0 Å². The van der Waals surface area contributed by atoms with E-state index in [2.05, 4.69) is 5.10 Å². The first-order valence-electron chi connectivity index (χ1n) is 4.48. The number of carboxylic acids is 1. The van der Waals surface area contributed by atoms with Gasteiger partial charge in [-0.3, -0.25) is 4.68 Å². The number of carboxylic acid groups (broad SMARTS) is 1. The zero-order valence-corrected chi connectivity index (χ0v) is 8.30. The number of nitrogens with zero attached hydrogens (tertiary/aromatic N) is 2. The van der Waals surface area contributed by atoms with Gasteiger partial charge in [0.1, 0.15) is 5.69 Å². The van der Waals surface area contributed by atoms with Crippen LogP contribution in [0.4, 0.5) is 0 Å². The Balaban J connectivity index is 2.50. The molecule has 5 nitrogen and oxygen atoms in total. The van der Waals surface area contributed by atoms with Gasteiger partial charge in [0.05, 0.1) is 19.3 Å². The fourth-order valence-electron chi connectivity index (χ4n) is 1.07. The molecule has 0 aliphatic heterocycles. The first-order chi connectivity index (χ1) is 6.61. The molecular weight excluding hydrogens is 184 g/mol. The van der Waals surface area contributed by atoms with Gasteiger partial charge in [-0.1, -0.05) is 0 Å². The number of hydrogen-bond donors (Lipinski definition) is 1. The predicted octanol–water partition coefficient (Wildman–Crippen LogP) is 1.01. The Morgan fingerprint density at radius 1 is 1.71 bits per heavy atom. The number of aromatic nitrogens is 2. The van der Waals surface area contributed by atoms with Gasteiger partial charge >= 0.3 is 5.97 Å². The summed E-state index contributed by atoms with van der Waals surface area (Å²) in [5.41, 5.74) is 0.192. The first kappa shape index (κ1) is 10.7. The normalized spacial score (nSPS) is 10.8.